The average Bonchev–Trinajstić information content (AvgIpc) is 3.30. The highest BCUT2D eigenvalue weighted by Gasteiger charge is 2.40. The summed E-state index contributed by atoms with van der Waals surface area (Å²) in [5.41, 5.74) is -0.462. The number of hydrogen-bond acceptors (Lipinski definition) is 8. The summed E-state index contributed by atoms with van der Waals surface area (Å²) < 4.78 is 0. The summed E-state index contributed by atoms with van der Waals surface area (Å²) in [5.74, 6) is -5.02. The largest absolute Gasteiger partial charge is 0.481 e. The van der Waals surface area contributed by atoms with Crippen LogP contribution in [0.2, 0.25) is 5.02 Å². The zero-order chi connectivity index (χ0) is 27.6. The number of aliphatic carboxylic acids is 3. The van der Waals surface area contributed by atoms with E-state index < -0.39 is 36.4 Å². The van der Waals surface area contributed by atoms with Crippen LogP contribution < -0.4 is 0 Å². The van der Waals surface area contributed by atoms with Crippen LogP contribution >= 0.6 is 22.9 Å². The molecule has 10 nitrogen and oxygen atoms in total. The van der Waals surface area contributed by atoms with Gasteiger partial charge in [-0.1, -0.05) is 17.7 Å². The number of aliphatic hydroxyl groups is 1. The van der Waals surface area contributed by atoms with Gasteiger partial charge in [0.15, 0.2) is 5.60 Å². The molecule has 0 aliphatic rings. The molecule has 37 heavy (non-hydrogen) atoms. The topological polar surface area (TPSA) is 152 Å². The monoisotopic (exact) mass is 551 g/mol. The number of halogens is 1. The van der Waals surface area contributed by atoms with Gasteiger partial charge in [-0.15, -0.1) is 11.3 Å². The van der Waals surface area contributed by atoms with E-state index in [2.05, 4.69) is 52.5 Å². The molecule has 0 unspecified atom stereocenters. The third-order valence-corrected chi connectivity index (χ3v) is 6.39. The minimum Gasteiger partial charge on any atom is -0.481 e. The Labute approximate surface area is 223 Å². The van der Waals surface area contributed by atoms with Crippen LogP contribution in [0.5, 0.6) is 0 Å². The van der Waals surface area contributed by atoms with E-state index >= 15 is 0 Å². The summed E-state index contributed by atoms with van der Waals surface area (Å²) >= 11 is 8.01. The van der Waals surface area contributed by atoms with E-state index in [1.54, 1.807) is 0 Å². The number of fused-ring (bicyclic) bond motifs is 1. The van der Waals surface area contributed by atoms with E-state index in [0.29, 0.717) is 0 Å². The third-order valence-electron chi connectivity index (χ3n) is 5.30. The van der Waals surface area contributed by atoms with Crippen molar-refractivity contribution in [1.29, 1.82) is 0 Å². The maximum atomic E-state index is 10.3. The van der Waals surface area contributed by atoms with Crippen LogP contribution in [0.25, 0.3) is 10.9 Å². The van der Waals surface area contributed by atoms with Crippen molar-refractivity contribution in [1.82, 2.24) is 14.8 Å². The molecule has 0 fully saturated rings. The first-order valence-corrected chi connectivity index (χ1v) is 12.5. The molecular weight excluding hydrogens is 522 g/mol. The standard InChI is InChI=1S/C19H22ClN3S.C6H8O7/c1-22(2)9-10-23(14-17-4-3-11-24-17)13-15-7-8-21-19-6-5-16(20)12-18(15)19;7-3(8)1-6(13,5(11)12)2-4(9)10/h3-8,11-12H,9-10,13-14H2,1-2H3;13H,1-2H2,(H,7,8)(H,9,10)(H,11,12). The molecular formula is C25H30ClN3O7S. The van der Waals surface area contributed by atoms with E-state index in [1.165, 1.54) is 10.4 Å². The van der Waals surface area contributed by atoms with Gasteiger partial charge in [-0.05, 0) is 55.4 Å². The molecule has 200 valence electrons. The molecule has 0 spiro atoms. The molecule has 0 atom stereocenters. The number of pyridine rings is 1. The van der Waals surface area contributed by atoms with Crippen LogP contribution in [0.15, 0.2) is 48.0 Å². The molecule has 0 amide bonds. The van der Waals surface area contributed by atoms with Crippen LogP contribution in [0, 0.1) is 0 Å². The van der Waals surface area contributed by atoms with E-state index in [-0.39, 0.29) is 0 Å². The minimum atomic E-state index is -2.74. The van der Waals surface area contributed by atoms with E-state index in [4.69, 9.17) is 32.0 Å². The summed E-state index contributed by atoms with van der Waals surface area (Å²) in [4.78, 5) is 41.0. The molecule has 0 bridgehead atoms. The second-order valence-electron chi connectivity index (χ2n) is 8.70. The second-order valence-corrected chi connectivity index (χ2v) is 10.2. The van der Waals surface area contributed by atoms with Crippen LogP contribution in [0.1, 0.15) is 23.3 Å². The van der Waals surface area contributed by atoms with Crippen LogP contribution in [-0.4, -0.2) is 85.9 Å². The Balaban J connectivity index is 0.000000317. The van der Waals surface area contributed by atoms with Crippen molar-refractivity contribution in [3.05, 3.63) is 63.4 Å². The van der Waals surface area contributed by atoms with Crippen LogP contribution in [0.3, 0.4) is 0 Å². The number of nitrogens with zero attached hydrogens (tertiary/aromatic N) is 3. The second kappa shape index (κ2) is 14.0. The molecule has 0 aliphatic carbocycles. The fraction of sp³-hybridized carbons (Fsp3) is 0.360. The minimum absolute atomic E-state index is 0.759. The normalized spacial score (nSPS) is 11.4. The van der Waals surface area contributed by atoms with Crippen molar-refractivity contribution in [2.75, 3.05) is 27.2 Å². The Morgan fingerprint density at radius 1 is 1.00 bits per heavy atom. The van der Waals surface area contributed by atoms with Crippen molar-refractivity contribution >= 4 is 51.7 Å². The SMILES string of the molecule is CN(C)CCN(Cc1cccs1)Cc1ccnc2ccc(Cl)cc12.O=C(O)CC(O)(CC(=O)O)C(=O)O. The van der Waals surface area contributed by atoms with E-state index in [0.717, 1.165) is 42.1 Å². The summed E-state index contributed by atoms with van der Waals surface area (Å²) in [6.45, 7) is 3.92. The maximum absolute atomic E-state index is 10.3. The quantitative estimate of drug-likeness (QED) is 0.264. The van der Waals surface area contributed by atoms with Crippen molar-refractivity contribution in [3.63, 3.8) is 0 Å². The lowest BCUT2D eigenvalue weighted by Gasteiger charge is -2.24. The number of aromatic nitrogens is 1. The lowest BCUT2D eigenvalue weighted by atomic mass is 9.96. The molecule has 0 saturated carbocycles. The van der Waals surface area contributed by atoms with Gasteiger partial charge in [0, 0.05) is 47.7 Å². The molecule has 4 N–H and O–H groups in total. The Hall–Kier alpha value is -3.09. The van der Waals surface area contributed by atoms with Gasteiger partial charge in [0.1, 0.15) is 0 Å². The Morgan fingerprint density at radius 3 is 2.22 bits per heavy atom. The molecule has 2 aromatic heterocycles. The van der Waals surface area contributed by atoms with Crippen molar-refractivity contribution in [2.24, 2.45) is 0 Å². The lowest BCUT2D eigenvalue weighted by Crippen LogP contribution is -2.42. The van der Waals surface area contributed by atoms with Gasteiger partial charge in [0.05, 0.1) is 18.4 Å². The van der Waals surface area contributed by atoms with E-state index in [9.17, 15) is 14.4 Å². The predicted octanol–water partition coefficient (Wildman–Crippen LogP) is 3.26. The summed E-state index contributed by atoms with van der Waals surface area (Å²) in [6.07, 6.45) is -0.399. The first-order chi connectivity index (χ1) is 17.4. The molecule has 3 rings (SSSR count). The number of carboxylic acid groups (broad SMARTS) is 3. The predicted molar refractivity (Wildman–Crippen MR) is 141 cm³/mol. The fourth-order valence-corrected chi connectivity index (χ4v) is 4.36. The number of carbonyl (C=O) groups is 3. The van der Waals surface area contributed by atoms with Gasteiger partial charge in [-0.3, -0.25) is 19.5 Å². The van der Waals surface area contributed by atoms with Crippen molar-refractivity contribution in [2.45, 2.75) is 31.5 Å². The maximum Gasteiger partial charge on any atom is 0.336 e. The summed E-state index contributed by atoms with van der Waals surface area (Å²) in [7, 11) is 4.23. The van der Waals surface area contributed by atoms with Crippen LogP contribution in [-0.2, 0) is 27.5 Å². The van der Waals surface area contributed by atoms with Crippen molar-refractivity contribution in [3.8, 4) is 0 Å². The van der Waals surface area contributed by atoms with Crippen LogP contribution in [0.4, 0.5) is 0 Å². The summed E-state index contributed by atoms with van der Waals surface area (Å²) in [5, 5.41) is 37.9. The van der Waals surface area contributed by atoms with Crippen molar-refractivity contribution < 1.29 is 34.8 Å². The first kappa shape index (κ1) is 30.1. The number of thiophene rings is 1. The van der Waals surface area contributed by atoms with Gasteiger partial charge in [-0.25, -0.2) is 4.79 Å². The van der Waals surface area contributed by atoms with Gasteiger partial charge >= 0.3 is 17.9 Å². The Kier molecular flexibility index (Phi) is 11.4. The highest BCUT2D eigenvalue weighted by Crippen LogP contribution is 2.23. The Morgan fingerprint density at radius 2 is 1.68 bits per heavy atom. The number of carboxylic acids is 3. The molecule has 0 radical (unpaired) electrons. The number of likely N-dealkylation sites (N-methyl/N-ethyl adjacent to an activating group) is 1. The highest BCUT2D eigenvalue weighted by atomic mass is 35.5. The molecule has 12 heteroatoms. The molecule has 3 aromatic rings. The van der Waals surface area contributed by atoms with Gasteiger partial charge in [-0.2, -0.15) is 0 Å². The molecule has 2 heterocycles. The number of hydrogen-bond donors (Lipinski definition) is 4. The molecule has 1 aromatic carbocycles. The van der Waals surface area contributed by atoms with Gasteiger partial charge in [0.2, 0.25) is 0 Å². The lowest BCUT2D eigenvalue weighted by molar-refractivity contribution is -0.170. The summed E-state index contributed by atoms with van der Waals surface area (Å²) in [6, 6.07) is 12.3. The molecule has 0 aliphatic heterocycles. The third kappa shape index (κ3) is 10.1. The first-order valence-electron chi connectivity index (χ1n) is 11.2. The number of rotatable bonds is 12. The Bertz CT molecular complexity index is 1190. The number of benzene rings is 1. The van der Waals surface area contributed by atoms with Gasteiger partial charge < -0.3 is 25.3 Å². The van der Waals surface area contributed by atoms with Gasteiger partial charge in [0.25, 0.3) is 0 Å². The average molecular weight is 552 g/mol. The zero-order valence-corrected chi connectivity index (χ0v) is 22.1. The zero-order valence-electron chi connectivity index (χ0n) is 20.5. The highest BCUT2D eigenvalue weighted by molar-refractivity contribution is 7.09. The smallest absolute Gasteiger partial charge is 0.336 e. The van der Waals surface area contributed by atoms with E-state index in [1.807, 2.05) is 35.7 Å². The fourth-order valence-electron chi connectivity index (χ4n) is 3.45. The molecule has 0 saturated heterocycles.